The molecule has 2 N–H and O–H groups in total. The molecule has 1 aliphatic carbocycles. The average Bonchev–Trinajstić information content (AvgIpc) is 3.06. The minimum atomic E-state index is 0. The Balaban J connectivity index is 0.00000264. The van der Waals surface area contributed by atoms with E-state index in [9.17, 15) is 0 Å². The summed E-state index contributed by atoms with van der Waals surface area (Å²) in [4.78, 5) is 8.68. The number of halogens is 1. The first-order valence-electron chi connectivity index (χ1n) is 8.54. The molecule has 1 aromatic rings. The summed E-state index contributed by atoms with van der Waals surface area (Å²) >= 11 is 0. The van der Waals surface area contributed by atoms with E-state index in [0.717, 1.165) is 45.0 Å². The molecule has 0 spiro atoms. The maximum atomic E-state index is 4.64. The molecule has 0 aliphatic heterocycles. The van der Waals surface area contributed by atoms with Crippen LogP contribution in [0.25, 0.3) is 0 Å². The lowest BCUT2D eigenvalue weighted by molar-refractivity contribution is 0.644. The number of hydrogen-bond donors (Lipinski definition) is 2. The number of aryl methyl sites for hydroxylation is 1. The van der Waals surface area contributed by atoms with Crippen molar-refractivity contribution in [2.24, 2.45) is 4.99 Å². The van der Waals surface area contributed by atoms with Crippen LogP contribution in [0.5, 0.6) is 0 Å². The van der Waals surface area contributed by atoms with Gasteiger partial charge in [0.1, 0.15) is 0 Å². The summed E-state index contributed by atoms with van der Waals surface area (Å²) in [5, 5.41) is 6.75. The fourth-order valence-corrected chi connectivity index (χ4v) is 2.68. The number of nitrogens with zero attached hydrogens (tertiary/aromatic N) is 3. The molecule has 5 nitrogen and oxygen atoms in total. The van der Waals surface area contributed by atoms with Crippen molar-refractivity contribution in [1.82, 2.24) is 20.2 Å². The summed E-state index contributed by atoms with van der Waals surface area (Å²) in [5.74, 6) is 0.935. The summed E-state index contributed by atoms with van der Waals surface area (Å²) < 4.78 is 2.09. The average molecular weight is 431 g/mol. The van der Waals surface area contributed by atoms with Gasteiger partial charge in [-0.05, 0) is 45.4 Å². The van der Waals surface area contributed by atoms with E-state index in [4.69, 9.17) is 0 Å². The number of guanidine groups is 1. The van der Waals surface area contributed by atoms with Gasteiger partial charge in [0.2, 0.25) is 0 Å². The zero-order valence-electron chi connectivity index (χ0n) is 14.1. The zero-order valence-corrected chi connectivity index (χ0v) is 16.5. The first kappa shape index (κ1) is 20.0. The van der Waals surface area contributed by atoms with Crippen molar-refractivity contribution in [3.8, 4) is 0 Å². The molecule has 0 amide bonds. The second kappa shape index (κ2) is 12.4. The number of nitrogens with one attached hydrogen (secondary N) is 2. The highest BCUT2D eigenvalue weighted by atomic mass is 127. The molecule has 0 aromatic carbocycles. The monoisotopic (exact) mass is 431 g/mol. The number of imidazole rings is 1. The van der Waals surface area contributed by atoms with E-state index in [-0.39, 0.29) is 24.0 Å². The van der Waals surface area contributed by atoms with Gasteiger partial charge in [0.15, 0.2) is 5.96 Å². The molecule has 0 saturated carbocycles. The van der Waals surface area contributed by atoms with Gasteiger partial charge >= 0.3 is 0 Å². The number of aromatic nitrogens is 2. The highest BCUT2D eigenvalue weighted by Crippen LogP contribution is 2.19. The number of allylic oxidation sites excluding steroid dienone is 1. The molecule has 0 unspecified atom stereocenters. The third kappa shape index (κ3) is 8.39. The van der Waals surface area contributed by atoms with Crippen molar-refractivity contribution in [2.75, 3.05) is 19.6 Å². The Morgan fingerprint density at radius 1 is 1.35 bits per heavy atom. The molecule has 0 atom stereocenters. The van der Waals surface area contributed by atoms with E-state index < -0.39 is 0 Å². The van der Waals surface area contributed by atoms with Gasteiger partial charge in [0.25, 0.3) is 0 Å². The molecule has 2 rings (SSSR count). The van der Waals surface area contributed by atoms with Crippen LogP contribution in [0.4, 0.5) is 0 Å². The van der Waals surface area contributed by atoms with E-state index in [1.165, 1.54) is 25.7 Å². The molecule has 0 radical (unpaired) electrons. The van der Waals surface area contributed by atoms with Gasteiger partial charge in [-0.1, -0.05) is 11.6 Å². The van der Waals surface area contributed by atoms with Crippen LogP contribution >= 0.6 is 24.0 Å². The van der Waals surface area contributed by atoms with Crippen LogP contribution in [0.1, 0.15) is 45.4 Å². The Hall–Kier alpha value is -1.05. The largest absolute Gasteiger partial charge is 0.357 e. The molecular formula is C17H30IN5. The van der Waals surface area contributed by atoms with Gasteiger partial charge in [-0.2, -0.15) is 0 Å². The van der Waals surface area contributed by atoms with Gasteiger partial charge in [0, 0.05) is 38.6 Å². The van der Waals surface area contributed by atoms with Gasteiger partial charge in [-0.3, -0.25) is 4.99 Å². The van der Waals surface area contributed by atoms with Crippen LogP contribution < -0.4 is 10.6 Å². The highest BCUT2D eigenvalue weighted by molar-refractivity contribution is 14.0. The fourth-order valence-electron chi connectivity index (χ4n) is 2.68. The summed E-state index contributed by atoms with van der Waals surface area (Å²) in [5.41, 5.74) is 1.61. The smallest absolute Gasteiger partial charge is 0.191 e. The molecule has 1 aromatic heterocycles. The lowest BCUT2D eigenvalue weighted by atomic mass is 9.97. The summed E-state index contributed by atoms with van der Waals surface area (Å²) in [6.07, 6.45) is 15.5. The van der Waals surface area contributed by atoms with Crippen molar-refractivity contribution >= 4 is 29.9 Å². The zero-order chi connectivity index (χ0) is 15.5. The molecular weight excluding hydrogens is 401 g/mol. The SMILES string of the molecule is CCNC(=NCCCn1ccnc1)NCCC1=CCCCC1.I. The number of aliphatic imine (C=N–C) groups is 1. The summed E-state index contributed by atoms with van der Waals surface area (Å²) in [7, 11) is 0. The van der Waals surface area contributed by atoms with Crippen molar-refractivity contribution in [1.29, 1.82) is 0 Å². The topological polar surface area (TPSA) is 54.2 Å². The molecule has 1 heterocycles. The normalized spacial score (nSPS) is 14.8. The fraction of sp³-hybridized carbons (Fsp3) is 0.647. The molecule has 130 valence electrons. The molecule has 0 bridgehead atoms. The van der Waals surface area contributed by atoms with Gasteiger partial charge in [-0.25, -0.2) is 4.98 Å². The molecule has 1 aliphatic rings. The van der Waals surface area contributed by atoms with Crippen molar-refractivity contribution in [3.05, 3.63) is 30.4 Å². The van der Waals surface area contributed by atoms with Crippen molar-refractivity contribution in [2.45, 2.75) is 52.0 Å². The first-order valence-corrected chi connectivity index (χ1v) is 8.54. The van der Waals surface area contributed by atoms with Gasteiger partial charge in [0.05, 0.1) is 6.33 Å². The van der Waals surface area contributed by atoms with E-state index in [1.807, 2.05) is 18.7 Å². The van der Waals surface area contributed by atoms with Crippen LogP contribution in [-0.4, -0.2) is 35.1 Å². The standard InChI is InChI=1S/C17H29N5.HI/c1-2-19-17(20-10-6-13-22-14-12-18-15-22)21-11-9-16-7-4-3-5-8-16;/h7,12,14-15H,2-6,8-11,13H2,1H3,(H2,19,20,21);1H. The Bertz CT molecular complexity index is 467. The van der Waals surface area contributed by atoms with Crippen molar-refractivity contribution in [3.63, 3.8) is 0 Å². The summed E-state index contributed by atoms with van der Waals surface area (Å²) in [6, 6.07) is 0. The molecule has 23 heavy (non-hydrogen) atoms. The van der Waals surface area contributed by atoms with Gasteiger partial charge in [-0.15, -0.1) is 24.0 Å². The van der Waals surface area contributed by atoms with E-state index >= 15 is 0 Å². The Morgan fingerprint density at radius 2 is 2.26 bits per heavy atom. The van der Waals surface area contributed by atoms with Gasteiger partial charge < -0.3 is 15.2 Å². The van der Waals surface area contributed by atoms with Crippen LogP contribution in [0.15, 0.2) is 35.4 Å². The van der Waals surface area contributed by atoms with Crippen LogP contribution in [-0.2, 0) is 6.54 Å². The van der Waals surface area contributed by atoms with Crippen LogP contribution in [0.3, 0.4) is 0 Å². The number of rotatable bonds is 8. The van der Waals surface area contributed by atoms with E-state index in [2.05, 4.69) is 38.2 Å². The van der Waals surface area contributed by atoms with Crippen LogP contribution in [0, 0.1) is 0 Å². The highest BCUT2D eigenvalue weighted by Gasteiger charge is 2.04. The summed E-state index contributed by atoms with van der Waals surface area (Å²) in [6.45, 7) is 5.77. The van der Waals surface area contributed by atoms with Crippen LogP contribution in [0.2, 0.25) is 0 Å². The Labute approximate surface area is 157 Å². The van der Waals surface area contributed by atoms with E-state index in [1.54, 1.807) is 5.57 Å². The minimum absolute atomic E-state index is 0. The third-order valence-electron chi connectivity index (χ3n) is 3.87. The molecule has 0 fully saturated rings. The second-order valence-corrected chi connectivity index (χ2v) is 5.70. The number of hydrogen-bond acceptors (Lipinski definition) is 2. The second-order valence-electron chi connectivity index (χ2n) is 5.70. The molecule has 0 saturated heterocycles. The Kier molecular flexibility index (Phi) is 10.8. The van der Waals surface area contributed by atoms with E-state index in [0.29, 0.717) is 0 Å². The quantitative estimate of drug-likeness (QED) is 0.218. The first-order chi connectivity index (χ1) is 10.9. The maximum absolute atomic E-state index is 4.64. The molecule has 6 heteroatoms. The lowest BCUT2D eigenvalue weighted by Crippen LogP contribution is -2.38. The minimum Gasteiger partial charge on any atom is -0.357 e. The lowest BCUT2D eigenvalue weighted by Gasteiger charge is -2.15. The Morgan fingerprint density at radius 3 is 2.96 bits per heavy atom. The third-order valence-corrected chi connectivity index (χ3v) is 3.87. The van der Waals surface area contributed by atoms with Crippen molar-refractivity contribution < 1.29 is 0 Å². The maximum Gasteiger partial charge on any atom is 0.191 e. The predicted octanol–water partition coefficient (Wildman–Crippen LogP) is 3.34. The predicted molar refractivity (Wildman–Crippen MR) is 107 cm³/mol.